The number of nitrogens with one attached hydrogen (secondary N) is 1. The number of benzene rings is 3. The normalized spacial score (nSPS) is 11.8. The maximum Gasteiger partial charge on any atom is 0.261 e. The first-order chi connectivity index (χ1) is 17.1. The maximum absolute atomic E-state index is 13.6. The van der Waals surface area contributed by atoms with E-state index in [4.69, 9.17) is 27.9 Å². The van der Waals surface area contributed by atoms with Gasteiger partial charge in [-0.05, 0) is 67.8 Å². The molecule has 0 spiro atoms. The van der Waals surface area contributed by atoms with Gasteiger partial charge in [0.1, 0.15) is 11.8 Å². The van der Waals surface area contributed by atoms with E-state index in [0.29, 0.717) is 22.2 Å². The van der Waals surface area contributed by atoms with Crippen LogP contribution < -0.4 is 10.1 Å². The van der Waals surface area contributed by atoms with Crippen molar-refractivity contribution in [2.24, 2.45) is 0 Å². The van der Waals surface area contributed by atoms with E-state index in [-0.39, 0.29) is 31.0 Å². The van der Waals surface area contributed by atoms with Crippen molar-refractivity contribution in [1.29, 1.82) is 0 Å². The number of nitrogens with zero attached hydrogens (tertiary/aromatic N) is 1. The first-order valence-corrected chi connectivity index (χ1v) is 13.2. The zero-order chi connectivity index (χ0) is 26.2. The highest BCUT2D eigenvalue weighted by molar-refractivity contribution is 9.10. The fraction of sp³-hybridized carbons (Fsp3) is 0.286. The van der Waals surface area contributed by atoms with E-state index in [2.05, 4.69) is 21.2 Å². The van der Waals surface area contributed by atoms with E-state index in [1.165, 1.54) is 0 Å². The molecule has 0 saturated heterocycles. The highest BCUT2D eigenvalue weighted by Crippen LogP contribution is 2.25. The Morgan fingerprint density at radius 2 is 1.69 bits per heavy atom. The zero-order valence-electron chi connectivity index (χ0n) is 20.4. The molecule has 1 N–H and O–H groups in total. The summed E-state index contributed by atoms with van der Waals surface area (Å²) in [5.41, 5.74) is 2.69. The summed E-state index contributed by atoms with van der Waals surface area (Å²) in [5, 5.41) is 3.77. The Kier molecular flexibility index (Phi) is 10.2. The second kappa shape index (κ2) is 13.1. The molecule has 1 unspecified atom stereocenters. The van der Waals surface area contributed by atoms with Crippen LogP contribution in [0.5, 0.6) is 5.75 Å². The minimum absolute atomic E-state index is 0.0836. The van der Waals surface area contributed by atoms with Gasteiger partial charge in [-0.15, -0.1) is 0 Å². The first kappa shape index (κ1) is 28.0. The molecule has 0 heterocycles. The third-order valence-electron chi connectivity index (χ3n) is 5.53. The van der Waals surface area contributed by atoms with Crippen molar-refractivity contribution in [3.05, 3.63) is 97.9 Å². The minimum Gasteiger partial charge on any atom is -0.484 e. The lowest BCUT2D eigenvalue weighted by Crippen LogP contribution is -2.52. The summed E-state index contributed by atoms with van der Waals surface area (Å²) >= 11 is 15.8. The van der Waals surface area contributed by atoms with Gasteiger partial charge in [0.15, 0.2) is 6.61 Å². The van der Waals surface area contributed by atoms with E-state index < -0.39 is 6.04 Å². The molecule has 0 bridgehead atoms. The first-order valence-electron chi connectivity index (χ1n) is 11.6. The summed E-state index contributed by atoms with van der Waals surface area (Å²) in [6, 6.07) is 19.5. The largest absolute Gasteiger partial charge is 0.484 e. The van der Waals surface area contributed by atoms with Crippen LogP contribution in [0.4, 0.5) is 0 Å². The predicted octanol–water partition coefficient (Wildman–Crippen LogP) is 6.61. The van der Waals surface area contributed by atoms with Crippen molar-refractivity contribution < 1.29 is 14.3 Å². The van der Waals surface area contributed by atoms with Gasteiger partial charge in [-0.25, -0.2) is 0 Å². The van der Waals surface area contributed by atoms with Gasteiger partial charge in [0.05, 0.1) is 10.0 Å². The molecule has 0 aliphatic carbocycles. The van der Waals surface area contributed by atoms with Gasteiger partial charge in [0.2, 0.25) is 5.91 Å². The summed E-state index contributed by atoms with van der Waals surface area (Å²) in [7, 11) is 0. The van der Waals surface area contributed by atoms with Crippen molar-refractivity contribution in [1.82, 2.24) is 10.2 Å². The molecular formula is C28H29BrCl2N2O3. The Morgan fingerprint density at radius 3 is 2.33 bits per heavy atom. The van der Waals surface area contributed by atoms with Crippen LogP contribution in [0.25, 0.3) is 0 Å². The predicted molar refractivity (Wildman–Crippen MR) is 149 cm³/mol. The lowest BCUT2D eigenvalue weighted by molar-refractivity contribution is -0.143. The third-order valence-corrected chi connectivity index (χ3v) is 7.16. The summed E-state index contributed by atoms with van der Waals surface area (Å²) in [5.74, 6) is 0.0213. The molecule has 0 saturated carbocycles. The smallest absolute Gasteiger partial charge is 0.261 e. The van der Waals surface area contributed by atoms with Crippen molar-refractivity contribution >= 4 is 50.9 Å². The molecule has 0 aliphatic rings. The molecule has 2 amide bonds. The Hall–Kier alpha value is -2.54. The van der Waals surface area contributed by atoms with Gasteiger partial charge in [0.25, 0.3) is 5.91 Å². The number of hydrogen-bond acceptors (Lipinski definition) is 3. The molecule has 3 rings (SSSR count). The van der Waals surface area contributed by atoms with Crippen molar-refractivity contribution in [2.75, 3.05) is 6.61 Å². The Labute approximate surface area is 230 Å². The lowest BCUT2D eigenvalue weighted by atomic mass is 10.0. The van der Waals surface area contributed by atoms with E-state index in [0.717, 1.165) is 21.2 Å². The van der Waals surface area contributed by atoms with Crippen LogP contribution in [-0.4, -0.2) is 35.4 Å². The lowest BCUT2D eigenvalue weighted by Gasteiger charge is -2.32. The quantitative estimate of drug-likeness (QED) is 0.289. The summed E-state index contributed by atoms with van der Waals surface area (Å²) in [6.45, 7) is 5.68. The van der Waals surface area contributed by atoms with Gasteiger partial charge in [-0.3, -0.25) is 9.59 Å². The van der Waals surface area contributed by atoms with Crippen molar-refractivity contribution in [3.8, 4) is 5.75 Å². The van der Waals surface area contributed by atoms with Crippen LogP contribution in [-0.2, 0) is 22.6 Å². The van der Waals surface area contributed by atoms with E-state index in [1.54, 1.807) is 29.2 Å². The van der Waals surface area contributed by atoms with Gasteiger partial charge in [-0.1, -0.05) is 75.5 Å². The maximum atomic E-state index is 13.6. The molecule has 0 aromatic heterocycles. The fourth-order valence-electron chi connectivity index (χ4n) is 3.70. The number of halogens is 3. The second-order valence-corrected chi connectivity index (χ2v) is 10.5. The summed E-state index contributed by atoms with van der Waals surface area (Å²) in [6.07, 6.45) is 0.351. The topological polar surface area (TPSA) is 58.6 Å². The molecular weight excluding hydrogens is 563 g/mol. The van der Waals surface area contributed by atoms with Gasteiger partial charge in [-0.2, -0.15) is 0 Å². The Balaban J connectivity index is 1.93. The van der Waals surface area contributed by atoms with Gasteiger partial charge >= 0.3 is 0 Å². The highest BCUT2D eigenvalue weighted by atomic mass is 79.9. The minimum atomic E-state index is -0.757. The van der Waals surface area contributed by atoms with Crippen LogP contribution in [0.15, 0.2) is 71.2 Å². The molecule has 0 aliphatic heterocycles. The number of rotatable bonds is 10. The third kappa shape index (κ3) is 7.99. The molecule has 3 aromatic carbocycles. The van der Waals surface area contributed by atoms with Gasteiger partial charge < -0.3 is 15.0 Å². The number of ether oxygens (including phenoxy) is 1. The van der Waals surface area contributed by atoms with Crippen LogP contribution in [0, 0.1) is 6.92 Å². The van der Waals surface area contributed by atoms with E-state index >= 15 is 0 Å². The molecule has 0 fully saturated rings. The molecule has 36 heavy (non-hydrogen) atoms. The molecule has 5 nitrogen and oxygen atoms in total. The van der Waals surface area contributed by atoms with Gasteiger partial charge in [0, 0.05) is 23.5 Å². The number of hydrogen-bond donors (Lipinski definition) is 1. The van der Waals surface area contributed by atoms with Crippen LogP contribution >= 0.6 is 39.1 Å². The van der Waals surface area contributed by atoms with Crippen LogP contribution in [0.2, 0.25) is 10.0 Å². The van der Waals surface area contributed by atoms with E-state index in [1.807, 2.05) is 63.2 Å². The molecule has 3 aromatic rings. The molecule has 1 atom stereocenters. The Morgan fingerprint density at radius 1 is 0.972 bits per heavy atom. The average Bonchev–Trinajstić information content (AvgIpc) is 2.84. The van der Waals surface area contributed by atoms with E-state index in [9.17, 15) is 9.59 Å². The fourth-order valence-corrected chi connectivity index (χ4v) is 4.27. The SMILES string of the molecule is Cc1cc(OCC(=O)N(Cc2ccc(Cl)c(Cl)c2)C(Cc2ccccc2)C(=O)NC(C)C)ccc1Br. The number of aryl methyl sites for hydroxylation is 1. The highest BCUT2D eigenvalue weighted by Gasteiger charge is 2.31. The number of carbonyl (C=O) groups is 2. The molecule has 0 radical (unpaired) electrons. The second-order valence-electron chi connectivity index (χ2n) is 8.84. The standard InChI is InChI=1S/C28H29BrCl2N2O3/c1-18(2)32-28(35)26(15-20-7-5-4-6-8-20)33(16-21-9-12-24(30)25(31)14-21)27(34)17-36-22-10-11-23(29)19(3)13-22/h4-14,18,26H,15-17H2,1-3H3,(H,32,35). The average molecular weight is 592 g/mol. The number of amides is 2. The monoisotopic (exact) mass is 590 g/mol. The Bertz CT molecular complexity index is 1200. The molecule has 190 valence electrons. The van der Waals surface area contributed by atoms with Crippen LogP contribution in [0.1, 0.15) is 30.5 Å². The summed E-state index contributed by atoms with van der Waals surface area (Å²) in [4.78, 5) is 28.5. The molecule has 8 heteroatoms. The number of carbonyl (C=O) groups excluding carboxylic acids is 2. The van der Waals surface area contributed by atoms with Crippen molar-refractivity contribution in [3.63, 3.8) is 0 Å². The van der Waals surface area contributed by atoms with Crippen molar-refractivity contribution in [2.45, 2.75) is 45.8 Å². The summed E-state index contributed by atoms with van der Waals surface area (Å²) < 4.78 is 6.79. The van der Waals surface area contributed by atoms with Crippen LogP contribution in [0.3, 0.4) is 0 Å². The zero-order valence-corrected chi connectivity index (χ0v) is 23.5.